The van der Waals surface area contributed by atoms with Crippen LogP contribution in [0, 0.1) is 34.9 Å². The lowest BCUT2D eigenvalue weighted by molar-refractivity contribution is 0.102. The molecule has 0 aliphatic heterocycles. The van der Waals surface area contributed by atoms with E-state index in [1.807, 2.05) is 0 Å². The van der Waals surface area contributed by atoms with Crippen molar-refractivity contribution >= 4 is 5.78 Å². The molecule has 32 heavy (non-hydrogen) atoms. The summed E-state index contributed by atoms with van der Waals surface area (Å²) in [6.07, 6.45) is 1.27. The third kappa shape index (κ3) is 3.62. The summed E-state index contributed by atoms with van der Waals surface area (Å²) in [6.45, 7) is 0. The van der Waals surface area contributed by atoms with Crippen molar-refractivity contribution in [2.75, 3.05) is 0 Å². The summed E-state index contributed by atoms with van der Waals surface area (Å²) >= 11 is 0. The third-order valence-corrected chi connectivity index (χ3v) is 4.63. The fourth-order valence-corrected chi connectivity index (χ4v) is 3.05. The Hall–Kier alpha value is -4.01. The van der Waals surface area contributed by atoms with Gasteiger partial charge in [0.2, 0.25) is 5.78 Å². The summed E-state index contributed by atoms with van der Waals surface area (Å²) in [5.74, 6) is -10.9. The molecule has 2 aromatic heterocycles. The minimum absolute atomic E-state index is 0.200. The summed E-state index contributed by atoms with van der Waals surface area (Å²) < 4.78 is 84.2. The van der Waals surface area contributed by atoms with Crippen molar-refractivity contribution in [3.8, 4) is 22.5 Å². The van der Waals surface area contributed by atoms with Gasteiger partial charge in [-0.15, -0.1) is 0 Å². The lowest BCUT2D eigenvalue weighted by atomic mass is 10.00. The van der Waals surface area contributed by atoms with Gasteiger partial charge in [0.15, 0.2) is 34.9 Å². The number of hydrogen-bond acceptors (Lipinski definition) is 3. The smallest absolute Gasteiger partial charge is 0.214 e. The maximum absolute atomic E-state index is 14.6. The van der Waals surface area contributed by atoms with Gasteiger partial charge in [-0.2, -0.15) is 0 Å². The molecular formula is C23H10F6N2O. The molecule has 0 unspecified atom stereocenters. The van der Waals surface area contributed by atoms with Gasteiger partial charge < -0.3 is 0 Å². The second-order valence-electron chi connectivity index (χ2n) is 6.59. The summed E-state index contributed by atoms with van der Waals surface area (Å²) in [6, 6.07) is 10.3. The number of ketones is 1. The predicted octanol–water partition coefficient (Wildman–Crippen LogP) is 5.88. The average Bonchev–Trinajstić information content (AvgIpc) is 2.81. The van der Waals surface area contributed by atoms with Crippen molar-refractivity contribution < 1.29 is 31.1 Å². The van der Waals surface area contributed by atoms with E-state index in [4.69, 9.17) is 0 Å². The molecule has 3 nitrogen and oxygen atoms in total. The van der Waals surface area contributed by atoms with E-state index in [1.165, 1.54) is 42.6 Å². The number of carbonyl (C=O) groups excluding carboxylic acids is 1. The number of carbonyl (C=O) groups is 1. The summed E-state index contributed by atoms with van der Waals surface area (Å²) in [4.78, 5) is 20.3. The van der Waals surface area contributed by atoms with Gasteiger partial charge >= 0.3 is 0 Å². The number of hydrogen-bond donors (Lipinski definition) is 0. The van der Waals surface area contributed by atoms with E-state index in [1.54, 1.807) is 0 Å². The Morgan fingerprint density at radius 1 is 0.656 bits per heavy atom. The van der Waals surface area contributed by atoms with Gasteiger partial charge in [0, 0.05) is 17.3 Å². The van der Waals surface area contributed by atoms with Gasteiger partial charge in [0.05, 0.1) is 17.0 Å². The first-order valence-electron chi connectivity index (χ1n) is 9.04. The fraction of sp³-hybridized carbons (Fsp3) is 0. The van der Waals surface area contributed by atoms with Gasteiger partial charge in [-0.3, -0.25) is 9.78 Å². The van der Waals surface area contributed by atoms with Crippen LogP contribution in [0.5, 0.6) is 0 Å². The highest BCUT2D eigenvalue weighted by Crippen LogP contribution is 2.31. The Labute approximate surface area is 177 Å². The number of halogens is 6. The number of pyridine rings is 2. The van der Waals surface area contributed by atoms with Crippen LogP contribution in [-0.2, 0) is 0 Å². The van der Waals surface area contributed by atoms with Gasteiger partial charge in [-0.05, 0) is 42.5 Å². The van der Waals surface area contributed by atoms with E-state index in [-0.39, 0.29) is 17.1 Å². The zero-order valence-corrected chi connectivity index (χ0v) is 15.8. The highest BCUT2D eigenvalue weighted by Gasteiger charge is 2.25. The molecule has 0 spiro atoms. The Balaban J connectivity index is 1.86. The van der Waals surface area contributed by atoms with Crippen molar-refractivity contribution in [2.45, 2.75) is 0 Å². The van der Waals surface area contributed by atoms with Crippen molar-refractivity contribution in [2.24, 2.45) is 0 Å². The second kappa shape index (κ2) is 8.26. The van der Waals surface area contributed by atoms with E-state index < -0.39 is 57.4 Å². The Kier molecular flexibility index (Phi) is 5.48. The maximum Gasteiger partial charge on any atom is 0.214 e. The molecule has 0 bridgehead atoms. The molecule has 160 valence electrons. The number of aromatic nitrogens is 2. The van der Waals surface area contributed by atoms with Crippen LogP contribution in [0.3, 0.4) is 0 Å². The van der Waals surface area contributed by atoms with Crippen LogP contribution in [0.4, 0.5) is 26.3 Å². The van der Waals surface area contributed by atoms with Gasteiger partial charge in [0.25, 0.3) is 0 Å². The van der Waals surface area contributed by atoms with Crippen molar-refractivity contribution in [3.63, 3.8) is 0 Å². The molecule has 2 aromatic carbocycles. The minimum atomic E-state index is -1.91. The Morgan fingerprint density at radius 3 is 2.03 bits per heavy atom. The first-order chi connectivity index (χ1) is 15.3. The quantitative estimate of drug-likeness (QED) is 0.224. The number of benzene rings is 2. The summed E-state index contributed by atoms with van der Waals surface area (Å²) in [5, 5.41) is 0. The minimum Gasteiger partial charge on any atom is -0.287 e. The number of nitrogens with zero attached hydrogens (tertiary/aromatic N) is 2. The van der Waals surface area contributed by atoms with Gasteiger partial charge in [0.1, 0.15) is 5.69 Å². The first kappa shape index (κ1) is 21.2. The van der Waals surface area contributed by atoms with E-state index >= 15 is 0 Å². The standard InChI is InChI=1S/C23H10F6N2O/c24-14-8-7-11(18(25)21(14)28)15-5-3-6-16(31-15)12-10-13(20(27)22(29)19(12)26)23(32)17-4-1-2-9-30-17/h1-10H. The molecule has 4 rings (SSSR count). The van der Waals surface area contributed by atoms with Crippen molar-refractivity contribution in [1.29, 1.82) is 0 Å². The molecule has 0 N–H and O–H groups in total. The van der Waals surface area contributed by atoms with Crippen molar-refractivity contribution in [3.05, 3.63) is 107 Å². The molecule has 0 aliphatic rings. The maximum atomic E-state index is 14.6. The summed E-state index contributed by atoms with van der Waals surface area (Å²) in [5.41, 5.74) is -2.52. The Bertz CT molecular complexity index is 1360. The molecule has 4 aromatic rings. The van der Waals surface area contributed by atoms with Gasteiger partial charge in [-0.25, -0.2) is 31.3 Å². The highest BCUT2D eigenvalue weighted by atomic mass is 19.2. The van der Waals surface area contributed by atoms with Crippen LogP contribution in [0.1, 0.15) is 16.1 Å². The van der Waals surface area contributed by atoms with Crippen LogP contribution in [0.15, 0.2) is 60.8 Å². The molecule has 9 heteroatoms. The molecule has 0 aliphatic carbocycles. The zero-order valence-electron chi connectivity index (χ0n) is 15.8. The molecular weight excluding hydrogens is 434 g/mol. The zero-order chi connectivity index (χ0) is 23.0. The third-order valence-electron chi connectivity index (χ3n) is 4.63. The van der Waals surface area contributed by atoms with Crippen molar-refractivity contribution in [1.82, 2.24) is 9.97 Å². The first-order valence-corrected chi connectivity index (χ1v) is 9.04. The SMILES string of the molecule is O=C(c1ccccn1)c1cc(-c2cccc(-c3ccc(F)c(F)c3F)n2)c(F)c(F)c1F. The fourth-order valence-electron chi connectivity index (χ4n) is 3.05. The van der Waals surface area contributed by atoms with E-state index in [9.17, 15) is 31.1 Å². The van der Waals surface area contributed by atoms with E-state index in [0.29, 0.717) is 6.07 Å². The Morgan fingerprint density at radius 2 is 1.34 bits per heavy atom. The van der Waals surface area contributed by atoms with Gasteiger partial charge in [-0.1, -0.05) is 12.1 Å². The molecule has 0 amide bonds. The highest BCUT2D eigenvalue weighted by molar-refractivity contribution is 6.08. The molecule has 0 fully saturated rings. The predicted molar refractivity (Wildman–Crippen MR) is 103 cm³/mol. The average molecular weight is 444 g/mol. The molecule has 0 saturated carbocycles. The summed E-state index contributed by atoms with van der Waals surface area (Å²) in [7, 11) is 0. The number of rotatable bonds is 4. The van der Waals surface area contributed by atoms with Crippen LogP contribution < -0.4 is 0 Å². The van der Waals surface area contributed by atoms with Crippen LogP contribution in [-0.4, -0.2) is 15.8 Å². The lowest BCUT2D eigenvalue weighted by Crippen LogP contribution is -2.10. The lowest BCUT2D eigenvalue weighted by Gasteiger charge is -2.11. The largest absolute Gasteiger partial charge is 0.287 e. The monoisotopic (exact) mass is 444 g/mol. The van der Waals surface area contributed by atoms with Crippen LogP contribution in [0.25, 0.3) is 22.5 Å². The molecule has 0 saturated heterocycles. The topological polar surface area (TPSA) is 42.9 Å². The van der Waals surface area contributed by atoms with Crippen LogP contribution in [0.2, 0.25) is 0 Å². The molecule has 0 radical (unpaired) electrons. The van der Waals surface area contributed by atoms with E-state index in [2.05, 4.69) is 9.97 Å². The van der Waals surface area contributed by atoms with E-state index in [0.717, 1.165) is 12.1 Å². The van der Waals surface area contributed by atoms with Crippen LogP contribution >= 0.6 is 0 Å². The molecule has 2 heterocycles. The second-order valence-corrected chi connectivity index (χ2v) is 6.59. The molecule has 0 atom stereocenters. The normalized spacial score (nSPS) is 10.9.